The third kappa shape index (κ3) is 2.30. The van der Waals surface area contributed by atoms with Gasteiger partial charge < -0.3 is 14.1 Å². The van der Waals surface area contributed by atoms with E-state index < -0.39 is 11.4 Å². The predicted molar refractivity (Wildman–Crippen MR) is 95.2 cm³/mol. The number of nitrogens with zero attached hydrogens (tertiary/aromatic N) is 1. The molecule has 5 nitrogen and oxygen atoms in total. The van der Waals surface area contributed by atoms with Crippen molar-refractivity contribution >= 4 is 16.9 Å². The smallest absolute Gasteiger partial charge is 0.341 e. The van der Waals surface area contributed by atoms with Crippen LogP contribution in [0.4, 0.5) is 0 Å². The van der Waals surface area contributed by atoms with Crippen LogP contribution >= 0.6 is 0 Å². The third-order valence-corrected chi connectivity index (χ3v) is 5.03. The van der Waals surface area contributed by atoms with E-state index in [4.69, 9.17) is 4.42 Å². The lowest BCUT2D eigenvalue weighted by molar-refractivity contribution is 0.0694. The first kappa shape index (κ1) is 15.7. The van der Waals surface area contributed by atoms with Crippen LogP contribution in [0, 0.1) is 12.8 Å². The van der Waals surface area contributed by atoms with Crippen molar-refractivity contribution in [2.24, 2.45) is 5.92 Å². The average molecular weight is 337 g/mol. The fourth-order valence-electron chi connectivity index (χ4n) is 3.70. The molecule has 0 amide bonds. The van der Waals surface area contributed by atoms with Gasteiger partial charge in [0.15, 0.2) is 11.2 Å². The van der Waals surface area contributed by atoms with Gasteiger partial charge in [-0.15, -0.1) is 0 Å². The molecule has 3 aromatic rings. The highest BCUT2D eigenvalue weighted by Gasteiger charge is 2.31. The number of pyridine rings is 1. The molecule has 0 fully saturated rings. The van der Waals surface area contributed by atoms with Crippen LogP contribution in [0.25, 0.3) is 22.4 Å². The molecule has 1 aromatic carbocycles. The number of aryl methyl sites for hydroxylation is 1. The number of carbonyl (C=O) groups is 1. The van der Waals surface area contributed by atoms with Crippen molar-refractivity contribution in [3.05, 3.63) is 57.4 Å². The monoisotopic (exact) mass is 337 g/mol. The second-order valence-corrected chi connectivity index (χ2v) is 7.07. The highest BCUT2D eigenvalue weighted by molar-refractivity contribution is 5.90. The number of benzene rings is 1. The van der Waals surface area contributed by atoms with Gasteiger partial charge in [-0.1, -0.05) is 26.0 Å². The van der Waals surface area contributed by atoms with Crippen LogP contribution in [-0.2, 0) is 6.42 Å². The van der Waals surface area contributed by atoms with Crippen molar-refractivity contribution in [2.75, 3.05) is 0 Å². The fourth-order valence-corrected chi connectivity index (χ4v) is 3.70. The molecule has 0 radical (unpaired) electrons. The zero-order chi connectivity index (χ0) is 17.9. The topological polar surface area (TPSA) is 72.4 Å². The number of hydrogen-bond donors (Lipinski definition) is 1. The summed E-state index contributed by atoms with van der Waals surface area (Å²) >= 11 is 0. The number of rotatable bonds is 2. The van der Waals surface area contributed by atoms with Gasteiger partial charge in [-0.2, -0.15) is 0 Å². The van der Waals surface area contributed by atoms with E-state index in [9.17, 15) is 14.7 Å². The molecule has 0 saturated heterocycles. The Bertz CT molecular complexity index is 1070. The molecule has 25 heavy (non-hydrogen) atoms. The zero-order valence-corrected chi connectivity index (χ0v) is 14.4. The van der Waals surface area contributed by atoms with E-state index in [0.717, 1.165) is 28.5 Å². The third-order valence-electron chi connectivity index (χ3n) is 5.03. The largest absolute Gasteiger partial charge is 0.477 e. The summed E-state index contributed by atoms with van der Waals surface area (Å²) < 4.78 is 7.97. The van der Waals surface area contributed by atoms with Crippen molar-refractivity contribution in [2.45, 2.75) is 33.2 Å². The van der Waals surface area contributed by atoms with Gasteiger partial charge in [-0.25, -0.2) is 4.79 Å². The normalized spacial score (nSPS) is 16.1. The van der Waals surface area contributed by atoms with Gasteiger partial charge in [-0.3, -0.25) is 4.79 Å². The van der Waals surface area contributed by atoms with Gasteiger partial charge >= 0.3 is 5.97 Å². The Morgan fingerprint density at radius 2 is 2.08 bits per heavy atom. The van der Waals surface area contributed by atoms with Crippen molar-refractivity contribution < 1.29 is 14.3 Å². The molecule has 1 N–H and O–H groups in total. The quantitative estimate of drug-likeness (QED) is 0.766. The number of aromatic carboxylic acids is 1. The zero-order valence-electron chi connectivity index (χ0n) is 14.4. The maximum Gasteiger partial charge on any atom is 0.341 e. The highest BCUT2D eigenvalue weighted by atomic mass is 16.4. The van der Waals surface area contributed by atoms with Gasteiger partial charge in [0.1, 0.15) is 11.1 Å². The Morgan fingerprint density at radius 3 is 2.76 bits per heavy atom. The Morgan fingerprint density at radius 1 is 1.32 bits per heavy atom. The van der Waals surface area contributed by atoms with E-state index in [1.54, 1.807) is 0 Å². The van der Waals surface area contributed by atoms with E-state index in [1.807, 2.05) is 17.6 Å². The van der Waals surface area contributed by atoms with Gasteiger partial charge in [0.2, 0.25) is 0 Å². The molecule has 0 bridgehead atoms. The lowest BCUT2D eigenvalue weighted by Gasteiger charge is -2.31. The molecular formula is C20H19NO4. The molecule has 1 atom stereocenters. The van der Waals surface area contributed by atoms with Crippen LogP contribution in [0.5, 0.6) is 0 Å². The van der Waals surface area contributed by atoms with Crippen LogP contribution in [0.3, 0.4) is 0 Å². The first-order valence-corrected chi connectivity index (χ1v) is 8.38. The van der Waals surface area contributed by atoms with E-state index in [-0.39, 0.29) is 17.5 Å². The predicted octanol–water partition coefficient (Wildman–Crippen LogP) is 4.02. The molecule has 5 heteroatoms. The standard InChI is InChI=1S/C20H19NO4/c1-10(2)15-7-13-12-5-4-11(3)6-18(12)25-19(13)16-8-17(22)14(20(23)24)9-21(15)16/h4-6,8-10,15H,7H2,1-3H3,(H,23,24). The van der Waals surface area contributed by atoms with Crippen molar-refractivity contribution in [1.82, 2.24) is 4.57 Å². The summed E-state index contributed by atoms with van der Waals surface area (Å²) in [5, 5.41) is 10.4. The van der Waals surface area contributed by atoms with Crippen molar-refractivity contribution in [1.29, 1.82) is 0 Å². The van der Waals surface area contributed by atoms with Gasteiger partial charge in [-0.05, 0) is 30.9 Å². The minimum Gasteiger partial charge on any atom is -0.477 e. The first-order valence-electron chi connectivity index (χ1n) is 8.38. The molecule has 1 aliphatic rings. The molecule has 0 saturated carbocycles. The molecule has 128 valence electrons. The van der Waals surface area contributed by atoms with Crippen LogP contribution in [0.1, 0.15) is 41.4 Å². The lowest BCUT2D eigenvalue weighted by atomic mass is 9.89. The summed E-state index contributed by atoms with van der Waals surface area (Å²) in [6.45, 7) is 6.21. The maximum absolute atomic E-state index is 12.3. The maximum atomic E-state index is 12.3. The van der Waals surface area contributed by atoms with Crippen molar-refractivity contribution in [3.63, 3.8) is 0 Å². The Kier molecular flexibility index (Phi) is 3.35. The number of carboxylic acid groups (broad SMARTS) is 1. The molecule has 2 aromatic heterocycles. The van der Waals surface area contributed by atoms with Crippen LogP contribution in [-0.4, -0.2) is 15.6 Å². The van der Waals surface area contributed by atoms with Gasteiger partial charge in [0.25, 0.3) is 0 Å². The van der Waals surface area contributed by atoms with Gasteiger partial charge in [0.05, 0.1) is 5.69 Å². The van der Waals surface area contributed by atoms with E-state index in [2.05, 4.69) is 26.0 Å². The number of carboxylic acids is 1. The second kappa shape index (κ2) is 5.34. The van der Waals surface area contributed by atoms with Crippen LogP contribution < -0.4 is 5.43 Å². The highest BCUT2D eigenvalue weighted by Crippen LogP contribution is 2.42. The summed E-state index contributed by atoms with van der Waals surface area (Å²) in [6, 6.07) is 7.57. The average Bonchev–Trinajstić information content (AvgIpc) is 2.90. The molecule has 0 spiro atoms. The molecule has 4 rings (SSSR count). The number of fused-ring (bicyclic) bond motifs is 5. The lowest BCUT2D eigenvalue weighted by Crippen LogP contribution is -2.27. The molecular weight excluding hydrogens is 318 g/mol. The molecule has 1 unspecified atom stereocenters. The summed E-state index contributed by atoms with van der Waals surface area (Å²) in [5.74, 6) is -0.244. The summed E-state index contributed by atoms with van der Waals surface area (Å²) in [5.41, 5.74) is 2.96. The Labute approximate surface area is 144 Å². The molecule has 3 heterocycles. The summed E-state index contributed by atoms with van der Waals surface area (Å²) in [7, 11) is 0. The summed E-state index contributed by atoms with van der Waals surface area (Å²) in [6.07, 6.45) is 2.21. The number of aromatic nitrogens is 1. The van der Waals surface area contributed by atoms with E-state index in [0.29, 0.717) is 11.5 Å². The van der Waals surface area contributed by atoms with Gasteiger partial charge in [0, 0.05) is 29.3 Å². The SMILES string of the molecule is Cc1ccc2c3c(oc2c1)-c1cc(=O)c(C(=O)O)cn1C(C(C)C)C3. The minimum atomic E-state index is -1.20. The summed E-state index contributed by atoms with van der Waals surface area (Å²) in [4.78, 5) is 23.6. The fraction of sp³-hybridized carbons (Fsp3) is 0.300. The van der Waals surface area contributed by atoms with E-state index >= 15 is 0 Å². The van der Waals surface area contributed by atoms with Crippen molar-refractivity contribution in [3.8, 4) is 11.5 Å². The Hall–Kier alpha value is -2.82. The first-order chi connectivity index (χ1) is 11.9. The van der Waals surface area contributed by atoms with Crippen LogP contribution in [0.2, 0.25) is 0 Å². The Balaban J connectivity index is 2.06. The minimum absolute atomic E-state index is 0.0725. The second-order valence-electron chi connectivity index (χ2n) is 7.07. The van der Waals surface area contributed by atoms with E-state index in [1.165, 1.54) is 12.3 Å². The number of hydrogen-bond acceptors (Lipinski definition) is 3. The number of furan rings is 1. The molecule has 1 aliphatic heterocycles. The van der Waals surface area contributed by atoms with Crippen LogP contribution in [0.15, 0.2) is 39.7 Å². The molecule has 0 aliphatic carbocycles.